The molecule has 0 aliphatic heterocycles. The topological polar surface area (TPSA) is 77.4 Å². The summed E-state index contributed by atoms with van der Waals surface area (Å²) < 4.78 is 6.45. The Morgan fingerprint density at radius 1 is 1.36 bits per heavy atom. The van der Waals surface area contributed by atoms with Gasteiger partial charge in [0.1, 0.15) is 5.54 Å². The monoisotopic (exact) mass is 326 g/mol. The first-order valence-electron chi connectivity index (χ1n) is 7.53. The van der Waals surface area contributed by atoms with Crippen molar-refractivity contribution < 1.29 is 14.3 Å². The van der Waals surface area contributed by atoms with Crippen LogP contribution in [0, 0.1) is 6.92 Å². The highest BCUT2D eigenvalue weighted by molar-refractivity contribution is 7.07. The van der Waals surface area contributed by atoms with Gasteiger partial charge in [-0.1, -0.05) is 30.6 Å². The van der Waals surface area contributed by atoms with Crippen LogP contribution in [0.25, 0.3) is 0 Å². The van der Waals surface area contributed by atoms with Gasteiger partial charge in [-0.05, 0) is 19.8 Å². The lowest BCUT2D eigenvalue weighted by Crippen LogP contribution is -2.56. The maximum atomic E-state index is 12.2. The molecule has 7 heteroatoms. The number of hydrogen-bond donors (Lipinski definition) is 1. The smallest absolute Gasteiger partial charge is 0.331 e. The number of hydrogen-bond acceptors (Lipinski definition) is 5. The molecule has 1 N–H and O–H groups in total. The molecule has 122 valence electrons. The maximum Gasteiger partial charge on any atom is 0.331 e. The minimum Gasteiger partial charge on any atom is -0.467 e. The molecule has 22 heavy (non-hydrogen) atoms. The molecule has 1 aromatic heterocycles. The van der Waals surface area contributed by atoms with E-state index in [9.17, 15) is 14.4 Å². The molecule has 0 spiro atoms. The fourth-order valence-corrected chi connectivity index (χ4v) is 3.71. The largest absolute Gasteiger partial charge is 0.467 e. The summed E-state index contributed by atoms with van der Waals surface area (Å²) >= 11 is 1.13. The van der Waals surface area contributed by atoms with E-state index >= 15 is 0 Å². The Bertz CT molecular complexity index is 599. The van der Waals surface area contributed by atoms with Crippen LogP contribution in [0.3, 0.4) is 0 Å². The highest BCUT2D eigenvalue weighted by Gasteiger charge is 2.41. The summed E-state index contributed by atoms with van der Waals surface area (Å²) in [5, 5.41) is 4.63. The van der Waals surface area contributed by atoms with Crippen molar-refractivity contribution in [1.29, 1.82) is 0 Å². The van der Waals surface area contributed by atoms with E-state index in [1.165, 1.54) is 7.11 Å². The van der Waals surface area contributed by atoms with E-state index in [1.54, 1.807) is 9.95 Å². The number of esters is 1. The molecule has 1 heterocycles. The van der Waals surface area contributed by atoms with Crippen molar-refractivity contribution in [3.05, 3.63) is 20.7 Å². The Balaban J connectivity index is 1.99. The van der Waals surface area contributed by atoms with Gasteiger partial charge in [-0.15, -0.1) is 0 Å². The average Bonchev–Trinajstić information content (AvgIpc) is 2.84. The highest BCUT2D eigenvalue weighted by atomic mass is 32.1. The van der Waals surface area contributed by atoms with Gasteiger partial charge in [0.15, 0.2) is 0 Å². The molecular formula is C15H22N2O4S. The second-order valence-electron chi connectivity index (χ2n) is 5.73. The number of carbonyl (C=O) groups excluding carboxylic acids is 2. The third kappa shape index (κ3) is 3.58. The fourth-order valence-electron chi connectivity index (χ4n) is 2.95. The highest BCUT2D eigenvalue weighted by Crippen LogP contribution is 2.29. The number of rotatable bonds is 5. The molecule has 1 amide bonds. The Morgan fingerprint density at radius 3 is 2.59 bits per heavy atom. The van der Waals surface area contributed by atoms with Crippen LogP contribution in [-0.4, -0.2) is 29.1 Å². The molecule has 0 radical (unpaired) electrons. The number of aryl methyl sites for hydroxylation is 1. The molecule has 0 aromatic carbocycles. The van der Waals surface area contributed by atoms with Crippen LogP contribution in [0.2, 0.25) is 0 Å². The minimum absolute atomic E-state index is 0.0642. The molecule has 1 saturated carbocycles. The first-order valence-corrected chi connectivity index (χ1v) is 8.41. The molecule has 2 rings (SSSR count). The molecule has 1 aromatic rings. The first kappa shape index (κ1) is 16.7. The molecular weight excluding hydrogens is 304 g/mol. The van der Waals surface area contributed by atoms with E-state index in [-0.39, 0.29) is 23.2 Å². The Labute approximate surface area is 133 Å². The molecule has 0 atom stereocenters. The number of carbonyl (C=O) groups is 2. The quantitative estimate of drug-likeness (QED) is 0.834. The predicted molar refractivity (Wildman–Crippen MR) is 83.9 cm³/mol. The fraction of sp³-hybridized carbons (Fsp3) is 0.667. The van der Waals surface area contributed by atoms with E-state index in [4.69, 9.17) is 4.74 Å². The summed E-state index contributed by atoms with van der Waals surface area (Å²) in [7, 11) is 1.35. The van der Waals surface area contributed by atoms with Gasteiger partial charge in [-0.2, -0.15) is 0 Å². The van der Waals surface area contributed by atoms with Crippen molar-refractivity contribution in [3.8, 4) is 0 Å². The van der Waals surface area contributed by atoms with Crippen molar-refractivity contribution in [3.63, 3.8) is 0 Å². The van der Waals surface area contributed by atoms with Gasteiger partial charge in [0, 0.05) is 24.0 Å². The normalized spacial score (nSPS) is 17.0. The zero-order chi connectivity index (χ0) is 16.2. The average molecular weight is 326 g/mol. The predicted octanol–water partition coefficient (Wildman–Crippen LogP) is 1.60. The third-order valence-corrected chi connectivity index (χ3v) is 5.08. The zero-order valence-corrected chi connectivity index (χ0v) is 13.8. The molecule has 0 saturated heterocycles. The Morgan fingerprint density at radius 2 is 2.05 bits per heavy atom. The maximum absolute atomic E-state index is 12.2. The van der Waals surface area contributed by atoms with Gasteiger partial charge in [-0.3, -0.25) is 9.59 Å². The molecule has 6 nitrogen and oxygen atoms in total. The lowest BCUT2D eigenvalue weighted by atomic mass is 9.81. The summed E-state index contributed by atoms with van der Waals surface area (Å²) in [6, 6.07) is 0. The molecule has 1 aliphatic carbocycles. The summed E-state index contributed by atoms with van der Waals surface area (Å²) in [5.74, 6) is -0.589. The van der Waals surface area contributed by atoms with Crippen molar-refractivity contribution in [2.24, 2.45) is 0 Å². The lowest BCUT2D eigenvalue weighted by molar-refractivity contribution is -0.152. The number of amides is 1. The van der Waals surface area contributed by atoms with Gasteiger partial charge >= 0.3 is 10.8 Å². The van der Waals surface area contributed by atoms with Crippen molar-refractivity contribution >= 4 is 23.2 Å². The second kappa shape index (κ2) is 7.09. The van der Waals surface area contributed by atoms with Gasteiger partial charge in [0.05, 0.1) is 7.11 Å². The SMILES string of the molecule is COC(=O)C1(NC(=O)CCn2c(C)csc2=O)CCCCC1. The second-order valence-corrected chi connectivity index (χ2v) is 6.55. The van der Waals surface area contributed by atoms with E-state index in [2.05, 4.69) is 5.32 Å². The van der Waals surface area contributed by atoms with Crippen LogP contribution < -0.4 is 10.2 Å². The minimum atomic E-state index is -0.890. The number of thiazole rings is 1. The van der Waals surface area contributed by atoms with Crippen molar-refractivity contribution in [2.75, 3.05) is 7.11 Å². The Hall–Kier alpha value is -1.63. The number of nitrogens with zero attached hydrogens (tertiary/aromatic N) is 1. The van der Waals surface area contributed by atoms with E-state index in [1.807, 2.05) is 6.92 Å². The van der Waals surface area contributed by atoms with Crippen LogP contribution >= 0.6 is 11.3 Å². The van der Waals surface area contributed by atoms with Crippen molar-refractivity contribution in [1.82, 2.24) is 9.88 Å². The molecule has 0 bridgehead atoms. The number of methoxy groups -OCH3 is 1. The standard InChI is InChI=1S/C15H22N2O4S/c1-11-10-22-14(20)17(11)9-6-12(18)16-15(13(19)21-2)7-4-3-5-8-15/h10H,3-9H2,1-2H3,(H,16,18). The summed E-state index contributed by atoms with van der Waals surface area (Å²) in [5.41, 5.74) is -0.0400. The van der Waals surface area contributed by atoms with Crippen LogP contribution in [-0.2, 0) is 20.9 Å². The van der Waals surface area contributed by atoms with Crippen LogP contribution in [0.1, 0.15) is 44.2 Å². The molecule has 1 aliphatic rings. The number of nitrogens with one attached hydrogen (secondary N) is 1. The molecule has 1 fully saturated rings. The molecule has 0 unspecified atom stereocenters. The van der Waals surface area contributed by atoms with Gasteiger partial charge in [0.25, 0.3) is 0 Å². The van der Waals surface area contributed by atoms with E-state index in [0.29, 0.717) is 19.4 Å². The van der Waals surface area contributed by atoms with E-state index < -0.39 is 5.54 Å². The van der Waals surface area contributed by atoms with Crippen LogP contribution in [0.4, 0.5) is 0 Å². The number of aromatic nitrogens is 1. The van der Waals surface area contributed by atoms with Gasteiger partial charge in [-0.25, -0.2) is 4.79 Å². The van der Waals surface area contributed by atoms with Crippen molar-refractivity contribution in [2.45, 2.75) is 57.5 Å². The Kier molecular flexibility index (Phi) is 5.39. The van der Waals surface area contributed by atoms with Crippen LogP contribution in [0.5, 0.6) is 0 Å². The van der Waals surface area contributed by atoms with Gasteiger partial charge < -0.3 is 14.6 Å². The zero-order valence-electron chi connectivity index (χ0n) is 13.0. The lowest BCUT2D eigenvalue weighted by Gasteiger charge is -2.35. The van der Waals surface area contributed by atoms with Gasteiger partial charge in [0.2, 0.25) is 5.91 Å². The summed E-state index contributed by atoms with van der Waals surface area (Å²) in [6.07, 6.45) is 4.27. The summed E-state index contributed by atoms with van der Waals surface area (Å²) in [6.45, 7) is 2.17. The first-order chi connectivity index (χ1) is 10.5. The van der Waals surface area contributed by atoms with Crippen LogP contribution in [0.15, 0.2) is 10.2 Å². The number of ether oxygens (including phenoxy) is 1. The third-order valence-electron chi connectivity index (χ3n) is 4.20. The van der Waals surface area contributed by atoms with E-state index in [0.717, 1.165) is 36.3 Å². The summed E-state index contributed by atoms with van der Waals surface area (Å²) in [4.78, 5) is 35.9.